The van der Waals surface area contributed by atoms with Gasteiger partial charge < -0.3 is 0 Å². The maximum Gasteiger partial charge on any atom is 0.142 e. The lowest BCUT2D eigenvalue weighted by Gasteiger charge is -2.01. The minimum Gasteiger partial charge on any atom is -0.253 e. The third-order valence-electron chi connectivity index (χ3n) is 2.16. The lowest BCUT2D eigenvalue weighted by molar-refractivity contribution is 1.10. The molecule has 0 aromatic carbocycles. The van der Waals surface area contributed by atoms with Gasteiger partial charge in [0, 0.05) is 17.3 Å². The zero-order valence-electron chi connectivity index (χ0n) is 8.40. The Hall–Kier alpha value is -0.930. The summed E-state index contributed by atoms with van der Waals surface area (Å²) in [4.78, 5) is 9.79. The van der Waals surface area contributed by atoms with Crippen LogP contribution in [-0.2, 0) is 12.3 Å². The number of aryl methyl sites for hydroxylation is 1. The van der Waals surface area contributed by atoms with Gasteiger partial charge in [-0.15, -0.1) is 22.9 Å². The fourth-order valence-corrected chi connectivity index (χ4v) is 2.42. The first-order valence-electron chi connectivity index (χ1n) is 4.80. The van der Waals surface area contributed by atoms with Crippen molar-refractivity contribution in [3.63, 3.8) is 0 Å². The average molecular weight is 239 g/mol. The third kappa shape index (κ3) is 2.19. The van der Waals surface area contributed by atoms with Crippen LogP contribution in [0.3, 0.4) is 0 Å². The molecule has 0 radical (unpaired) electrons. The number of thiazole rings is 1. The summed E-state index contributed by atoms with van der Waals surface area (Å²) < 4.78 is 0. The number of hydrogen-bond donors (Lipinski definition) is 0. The molecule has 0 unspecified atom stereocenters. The van der Waals surface area contributed by atoms with Crippen LogP contribution < -0.4 is 0 Å². The normalized spacial score (nSPS) is 10.5. The Morgan fingerprint density at radius 2 is 2.27 bits per heavy atom. The first-order chi connectivity index (χ1) is 7.35. The van der Waals surface area contributed by atoms with Crippen molar-refractivity contribution in [3.8, 4) is 10.7 Å². The number of pyridine rings is 1. The number of halogens is 1. The molecule has 2 aromatic heterocycles. The predicted octanol–water partition coefficient (Wildman–Crippen LogP) is 3.51. The summed E-state index contributed by atoms with van der Waals surface area (Å²) in [6.45, 7) is 2.12. The van der Waals surface area contributed by atoms with Gasteiger partial charge in [0.25, 0.3) is 0 Å². The summed E-state index contributed by atoms with van der Waals surface area (Å²) in [5.41, 5.74) is 2.22. The molecule has 2 rings (SSSR count). The summed E-state index contributed by atoms with van der Waals surface area (Å²) in [6.07, 6.45) is 4.59. The molecule has 0 bridgehead atoms. The molecule has 0 saturated carbocycles. The molecule has 2 heterocycles. The quantitative estimate of drug-likeness (QED) is 0.765. The molecule has 0 aliphatic heterocycles. The van der Waals surface area contributed by atoms with Gasteiger partial charge in [-0.25, -0.2) is 4.98 Å². The maximum absolute atomic E-state index is 5.75. The number of rotatable bonds is 3. The summed E-state index contributed by atoms with van der Waals surface area (Å²) in [7, 11) is 0. The monoisotopic (exact) mass is 238 g/mol. The van der Waals surface area contributed by atoms with Gasteiger partial charge in [0.15, 0.2) is 0 Å². The molecule has 4 heteroatoms. The fourth-order valence-electron chi connectivity index (χ4n) is 1.40. The van der Waals surface area contributed by atoms with E-state index in [-0.39, 0.29) is 0 Å². The van der Waals surface area contributed by atoms with Crippen molar-refractivity contribution < 1.29 is 0 Å². The van der Waals surface area contributed by atoms with Crippen molar-refractivity contribution >= 4 is 22.9 Å². The lowest BCUT2D eigenvalue weighted by atomic mass is 10.1. The van der Waals surface area contributed by atoms with E-state index in [1.54, 1.807) is 17.5 Å². The highest BCUT2D eigenvalue weighted by Gasteiger charge is 2.08. The Labute approximate surface area is 98.0 Å². The topological polar surface area (TPSA) is 25.8 Å². The molecule has 0 fully saturated rings. The van der Waals surface area contributed by atoms with E-state index in [1.165, 1.54) is 5.56 Å². The van der Waals surface area contributed by atoms with Crippen LogP contribution in [0.4, 0.5) is 0 Å². The molecular formula is C11H11ClN2S. The first-order valence-corrected chi connectivity index (χ1v) is 6.15. The van der Waals surface area contributed by atoms with Crippen molar-refractivity contribution in [2.24, 2.45) is 0 Å². The van der Waals surface area contributed by atoms with Crippen molar-refractivity contribution in [1.29, 1.82) is 0 Å². The van der Waals surface area contributed by atoms with Crippen molar-refractivity contribution in [3.05, 3.63) is 35.0 Å². The summed E-state index contributed by atoms with van der Waals surface area (Å²) in [5.74, 6) is 0.520. The largest absolute Gasteiger partial charge is 0.253 e. The van der Waals surface area contributed by atoms with Gasteiger partial charge in [-0.3, -0.25) is 4.98 Å². The second kappa shape index (κ2) is 4.73. The molecule has 15 heavy (non-hydrogen) atoms. The Morgan fingerprint density at radius 1 is 1.40 bits per heavy atom. The summed E-state index contributed by atoms with van der Waals surface area (Å²) in [6, 6.07) is 4.04. The predicted molar refractivity (Wildman–Crippen MR) is 64.3 cm³/mol. The standard InChI is InChI=1S/C11H11ClN2S/c1-2-8-4-3-5-13-10(8)11-14-7-9(6-12)15-11/h3-5,7H,2,6H2,1H3. The molecule has 0 saturated heterocycles. The Balaban J connectivity index is 2.44. The molecule has 78 valence electrons. The van der Waals surface area contributed by atoms with Crippen molar-refractivity contribution in [2.45, 2.75) is 19.2 Å². The highest BCUT2D eigenvalue weighted by atomic mass is 35.5. The van der Waals surface area contributed by atoms with E-state index in [2.05, 4.69) is 23.0 Å². The maximum atomic E-state index is 5.75. The Kier molecular flexibility index (Phi) is 3.34. The molecule has 2 nitrogen and oxygen atoms in total. The molecule has 2 aromatic rings. The smallest absolute Gasteiger partial charge is 0.142 e. The van der Waals surface area contributed by atoms with Gasteiger partial charge in [-0.2, -0.15) is 0 Å². The molecular weight excluding hydrogens is 228 g/mol. The SMILES string of the molecule is CCc1cccnc1-c1ncc(CCl)s1. The Morgan fingerprint density at radius 3 is 2.93 bits per heavy atom. The van der Waals surface area contributed by atoms with E-state index in [4.69, 9.17) is 11.6 Å². The van der Waals surface area contributed by atoms with E-state index < -0.39 is 0 Å². The fraction of sp³-hybridized carbons (Fsp3) is 0.273. The number of aromatic nitrogens is 2. The van der Waals surface area contributed by atoms with Crippen LogP contribution in [0.5, 0.6) is 0 Å². The van der Waals surface area contributed by atoms with E-state index in [9.17, 15) is 0 Å². The highest BCUT2D eigenvalue weighted by molar-refractivity contribution is 7.15. The lowest BCUT2D eigenvalue weighted by Crippen LogP contribution is -1.89. The number of hydrogen-bond acceptors (Lipinski definition) is 3. The highest BCUT2D eigenvalue weighted by Crippen LogP contribution is 2.27. The molecule has 0 N–H and O–H groups in total. The third-order valence-corrected chi connectivity index (χ3v) is 3.61. The van der Waals surface area contributed by atoms with Gasteiger partial charge in [0.2, 0.25) is 0 Å². The summed E-state index contributed by atoms with van der Waals surface area (Å²) >= 11 is 7.36. The molecule has 0 aliphatic rings. The molecule has 0 spiro atoms. The molecule has 0 atom stereocenters. The average Bonchev–Trinajstić information content (AvgIpc) is 2.77. The van der Waals surface area contributed by atoms with Crippen LogP contribution in [0.25, 0.3) is 10.7 Å². The van der Waals surface area contributed by atoms with Gasteiger partial charge in [-0.05, 0) is 18.1 Å². The van der Waals surface area contributed by atoms with E-state index in [0.29, 0.717) is 5.88 Å². The van der Waals surface area contributed by atoms with Gasteiger partial charge in [0.05, 0.1) is 5.88 Å². The zero-order chi connectivity index (χ0) is 10.7. The molecule has 0 amide bonds. The van der Waals surface area contributed by atoms with Crippen molar-refractivity contribution in [1.82, 2.24) is 9.97 Å². The first kappa shape index (κ1) is 10.6. The van der Waals surface area contributed by atoms with Crippen LogP contribution in [0.15, 0.2) is 24.5 Å². The van der Waals surface area contributed by atoms with Crippen LogP contribution in [0, 0.1) is 0 Å². The summed E-state index contributed by atoms with van der Waals surface area (Å²) in [5, 5.41) is 0.961. The van der Waals surface area contributed by atoms with E-state index >= 15 is 0 Å². The minimum atomic E-state index is 0.520. The second-order valence-corrected chi connectivity index (χ2v) is 4.51. The van der Waals surface area contributed by atoms with Gasteiger partial charge in [0.1, 0.15) is 10.7 Å². The van der Waals surface area contributed by atoms with E-state index in [1.807, 2.05) is 12.3 Å². The Bertz CT molecular complexity index is 453. The number of nitrogens with zero attached hydrogens (tertiary/aromatic N) is 2. The van der Waals surface area contributed by atoms with Crippen LogP contribution in [-0.4, -0.2) is 9.97 Å². The second-order valence-electron chi connectivity index (χ2n) is 3.13. The van der Waals surface area contributed by atoms with Crippen LogP contribution in [0.2, 0.25) is 0 Å². The van der Waals surface area contributed by atoms with Crippen LogP contribution >= 0.6 is 22.9 Å². The van der Waals surface area contributed by atoms with E-state index in [0.717, 1.165) is 22.0 Å². The zero-order valence-corrected chi connectivity index (χ0v) is 9.98. The van der Waals surface area contributed by atoms with Crippen molar-refractivity contribution in [2.75, 3.05) is 0 Å². The minimum absolute atomic E-state index is 0.520. The number of alkyl halides is 1. The molecule has 0 aliphatic carbocycles. The van der Waals surface area contributed by atoms with Crippen LogP contribution in [0.1, 0.15) is 17.4 Å². The van der Waals surface area contributed by atoms with Gasteiger partial charge in [-0.1, -0.05) is 13.0 Å². The van der Waals surface area contributed by atoms with Gasteiger partial charge >= 0.3 is 0 Å².